The molecule has 0 atom stereocenters. The summed E-state index contributed by atoms with van der Waals surface area (Å²) in [7, 11) is 0. The van der Waals surface area contributed by atoms with Gasteiger partial charge in [-0.2, -0.15) is 0 Å². The second-order valence-electron chi connectivity index (χ2n) is 14.5. The fraction of sp³-hybridized carbons (Fsp3) is 0.0612. The number of nitrogens with zero attached hydrogens (tertiary/aromatic N) is 1. The van der Waals surface area contributed by atoms with Gasteiger partial charge in [0.1, 0.15) is 11.2 Å². The molecule has 2 aromatic heterocycles. The first kappa shape index (κ1) is 29.6. The maximum Gasteiger partial charge on any atom is 0.137 e. The van der Waals surface area contributed by atoms with Gasteiger partial charge >= 0.3 is 0 Å². The predicted molar refractivity (Wildman–Crippen MR) is 222 cm³/mol. The lowest BCUT2D eigenvalue weighted by Gasteiger charge is -2.28. The molecule has 11 rings (SSSR count). The smallest absolute Gasteiger partial charge is 0.137 e. The van der Waals surface area contributed by atoms with Crippen molar-refractivity contribution in [3.63, 3.8) is 0 Å². The molecule has 0 fully saturated rings. The number of fused-ring (bicyclic) bond motifs is 11. The summed E-state index contributed by atoms with van der Waals surface area (Å²) in [6.07, 6.45) is 0. The van der Waals surface area contributed by atoms with Gasteiger partial charge in [-0.05, 0) is 105 Å². The molecule has 10 aromatic rings. The second kappa shape index (κ2) is 10.9. The monoisotopic (exact) mass is 683 g/mol. The summed E-state index contributed by atoms with van der Waals surface area (Å²) in [5, 5.41) is 7.54. The van der Waals surface area contributed by atoms with Gasteiger partial charge in [-0.15, -0.1) is 11.3 Å². The van der Waals surface area contributed by atoms with Gasteiger partial charge in [0.15, 0.2) is 0 Å². The fourth-order valence-electron chi connectivity index (χ4n) is 8.67. The maximum atomic E-state index is 6.40. The summed E-state index contributed by atoms with van der Waals surface area (Å²) in [6, 6.07) is 60.0. The number of hydrogen-bond donors (Lipinski definition) is 0. The van der Waals surface area contributed by atoms with Crippen molar-refractivity contribution in [1.82, 2.24) is 0 Å². The van der Waals surface area contributed by atoms with E-state index in [4.69, 9.17) is 4.42 Å². The molecule has 0 aliphatic heterocycles. The van der Waals surface area contributed by atoms with E-state index in [0.717, 1.165) is 39.0 Å². The van der Waals surface area contributed by atoms with Crippen LogP contribution in [0.1, 0.15) is 25.0 Å². The van der Waals surface area contributed by atoms with E-state index in [1.807, 2.05) is 23.5 Å². The molecule has 0 saturated carbocycles. The lowest BCUT2D eigenvalue weighted by Crippen LogP contribution is -2.16. The highest BCUT2D eigenvalue weighted by Crippen LogP contribution is 2.51. The minimum atomic E-state index is -0.100. The van der Waals surface area contributed by atoms with Crippen LogP contribution in [0.15, 0.2) is 168 Å². The van der Waals surface area contributed by atoms with E-state index < -0.39 is 0 Å². The first-order chi connectivity index (χ1) is 25.5. The van der Waals surface area contributed by atoms with E-state index in [-0.39, 0.29) is 5.41 Å². The van der Waals surface area contributed by atoms with Crippen molar-refractivity contribution in [2.24, 2.45) is 0 Å². The van der Waals surface area contributed by atoms with Crippen molar-refractivity contribution in [2.45, 2.75) is 19.3 Å². The standard InChI is InChI=1S/C49H33NOS/c1-49(2)42-12-6-3-9-37(42)38-24-21-34(28-43(38)49)50(35-22-25-40-39-10-4-7-13-44(39)51-45(40)29-35)33-19-15-30(16-20-33)31-17-23-36-32(27-31)18-26-47-48(36)41-11-5-8-14-46(41)52-47/h3-29H,1-2H3. The van der Waals surface area contributed by atoms with E-state index >= 15 is 0 Å². The number of thiophene rings is 1. The molecule has 1 aliphatic rings. The number of benzene rings is 8. The quantitative estimate of drug-likeness (QED) is 0.184. The highest BCUT2D eigenvalue weighted by molar-refractivity contribution is 7.26. The van der Waals surface area contributed by atoms with Crippen molar-refractivity contribution in [1.29, 1.82) is 0 Å². The molecular weight excluding hydrogens is 651 g/mol. The van der Waals surface area contributed by atoms with Gasteiger partial charge in [0.2, 0.25) is 0 Å². The maximum absolute atomic E-state index is 6.40. The van der Waals surface area contributed by atoms with Crippen LogP contribution in [-0.2, 0) is 5.41 Å². The van der Waals surface area contributed by atoms with Gasteiger partial charge < -0.3 is 9.32 Å². The molecule has 0 N–H and O–H groups in total. The molecule has 2 heterocycles. The third-order valence-corrected chi connectivity index (χ3v) is 12.4. The lowest BCUT2D eigenvalue weighted by molar-refractivity contribution is 0.660. The third kappa shape index (κ3) is 4.30. The molecule has 1 aliphatic carbocycles. The summed E-state index contributed by atoms with van der Waals surface area (Å²) in [6.45, 7) is 4.69. The highest BCUT2D eigenvalue weighted by Gasteiger charge is 2.35. The minimum Gasteiger partial charge on any atom is -0.456 e. The zero-order valence-corrected chi connectivity index (χ0v) is 29.7. The topological polar surface area (TPSA) is 16.4 Å². The Balaban J connectivity index is 1.04. The van der Waals surface area contributed by atoms with E-state index in [1.54, 1.807) is 0 Å². The Morgan fingerprint density at radius 1 is 0.462 bits per heavy atom. The molecular formula is C49H33NOS. The summed E-state index contributed by atoms with van der Waals surface area (Å²) >= 11 is 1.87. The van der Waals surface area contributed by atoms with Gasteiger partial charge in [0.25, 0.3) is 0 Å². The van der Waals surface area contributed by atoms with Crippen LogP contribution in [0.25, 0.3) is 75.1 Å². The third-order valence-electron chi connectivity index (χ3n) is 11.3. The zero-order chi connectivity index (χ0) is 34.6. The van der Waals surface area contributed by atoms with Crippen molar-refractivity contribution in [3.8, 4) is 22.3 Å². The second-order valence-corrected chi connectivity index (χ2v) is 15.6. The average Bonchev–Trinajstić information content (AvgIpc) is 3.83. The predicted octanol–water partition coefficient (Wildman–Crippen LogP) is 14.6. The lowest BCUT2D eigenvalue weighted by atomic mass is 9.82. The Hall–Kier alpha value is -6.16. The van der Waals surface area contributed by atoms with Crippen molar-refractivity contribution in [2.75, 3.05) is 4.90 Å². The van der Waals surface area contributed by atoms with Crippen LogP contribution in [0.3, 0.4) is 0 Å². The van der Waals surface area contributed by atoms with Gasteiger partial charge in [-0.3, -0.25) is 0 Å². The Morgan fingerprint density at radius 2 is 1.13 bits per heavy atom. The first-order valence-electron chi connectivity index (χ1n) is 17.9. The molecule has 0 amide bonds. The fourth-order valence-corrected chi connectivity index (χ4v) is 9.79. The van der Waals surface area contributed by atoms with E-state index in [2.05, 4.69) is 170 Å². The number of anilines is 3. The normalized spacial score (nSPS) is 13.3. The van der Waals surface area contributed by atoms with Crippen molar-refractivity contribution < 1.29 is 4.42 Å². The molecule has 0 saturated heterocycles. The SMILES string of the molecule is CC1(C)c2ccccc2-c2ccc(N(c3ccc(-c4ccc5c(ccc6sc7ccccc7c65)c4)cc3)c3ccc4c(c3)oc3ccccc34)cc21. The Labute approximate surface area is 305 Å². The zero-order valence-electron chi connectivity index (χ0n) is 28.9. The van der Waals surface area contributed by atoms with Gasteiger partial charge in [-0.1, -0.05) is 111 Å². The number of para-hydroxylation sites is 1. The number of hydrogen-bond acceptors (Lipinski definition) is 3. The van der Waals surface area contributed by atoms with Crippen LogP contribution in [0.2, 0.25) is 0 Å². The molecule has 0 spiro atoms. The van der Waals surface area contributed by atoms with E-state index in [0.29, 0.717) is 0 Å². The summed E-state index contributed by atoms with van der Waals surface area (Å²) < 4.78 is 9.07. The minimum absolute atomic E-state index is 0.100. The van der Waals surface area contributed by atoms with Gasteiger partial charge in [0.05, 0.1) is 0 Å². The summed E-state index contributed by atoms with van der Waals surface area (Å²) in [5.74, 6) is 0. The van der Waals surface area contributed by atoms with Crippen LogP contribution in [0, 0.1) is 0 Å². The largest absolute Gasteiger partial charge is 0.456 e. The van der Waals surface area contributed by atoms with Crippen LogP contribution in [0.5, 0.6) is 0 Å². The molecule has 52 heavy (non-hydrogen) atoms. The molecule has 0 radical (unpaired) electrons. The van der Waals surface area contributed by atoms with Crippen LogP contribution in [0.4, 0.5) is 17.1 Å². The molecule has 3 heteroatoms. The summed E-state index contributed by atoms with van der Waals surface area (Å²) in [4.78, 5) is 2.37. The van der Waals surface area contributed by atoms with Gasteiger partial charge in [0, 0.05) is 59.5 Å². The van der Waals surface area contributed by atoms with Crippen molar-refractivity contribution >= 4 is 81.3 Å². The molecule has 246 valence electrons. The summed E-state index contributed by atoms with van der Waals surface area (Å²) in [5.41, 5.74) is 12.8. The highest BCUT2D eigenvalue weighted by atomic mass is 32.1. The molecule has 2 nitrogen and oxygen atoms in total. The van der Waals surface area contributed by atoms with E-state index in [9.17, 15) is 0 Å². The number of rotatable bonds is 4. The number of furan rings is 1. The van der Waals surface area contributed by atoms with Crippen molar-refractivity contribution in [3.05, 3.63) is 175 Å². The average molecular weight is 684 g/mol. The molecule has 8 aromatic carbocycles. The van der Waals surface area contributed by atoms with Crippen LogP contribution in [-0.4, -0.2) is 0 Å². The van der Waals surface area contributed by atoms with Gasteiger partial charge in [-0.25, -0.2) is 0 Å². The Bertz CT molecular complexity index is 3050. The van der Waals surface area contributed by atoms with Crippen LogP contribution < -0.4 is 4.90 Å². The Morgan fingerprint density at radius 3 is 2.04 bits per heavy atom. The van der Waals surface area contributed by atoms with E-state index in [1.165, 1.54) is 64.3 Å². The molecule has 0 unspecified atom stereocenters. The van der Waals surface area contributed by atoms with Crippen LogP contribution >= 0.6 is 11.3 Å². The molecule has 0 bridgehead atoms. The Kier molecular flexibility index (Phi) is 6.21. The first-order valence-corrected chi connectivity index (χ1v) is 18.7.